The maximum Gasteiger partial charge on any atom is 0.175 e. The molecule has 5 heteroatoms. The number of allylic oxidation sites excluding steroid dienone is 1. The fourth-order valence-corrected chi connectivity index (χ4v) is 2.60. The van der Waals surface area contributed by atoms with Gasteiger partial charge in [-0.15, -0.1) is 0 Å². The molecule has 1 aliphatic rings. The normalized spacial score (nSPS) is 19.1. The summed E-state index contributed by atoms with van der Waals surface area (Å²) in [5, 5.41) is 3.32. The van der Waals surface area contributed by atoms with Gasteiger partial charge in [-0.2, -0.15) is 0 Å². The Hall–Kier alpha value is -1.33. The highest BCUT2D eigenvalue weighted by Crippen LogP contribution is 2.11. The van der Waals surface area contributed by atoms with E-state index in [9.17, 15) is 8.42 Å². The summed E-state index contributed by atoms with van der Waals surface area (Å²) in [7, 11) is -3.11. The molecule has 0 spiro atoms. The van der Waals surface area contributed by atoms with Crippen LogP contribution < -0.4 is 5.32 Å². The van der Waals surface area contributed by atoms with Crippen molar-refractivity contribution >= 4 is 9.84 Å². The van der Waals surface area contributed by atoms with E-state index in [0.29, 0.717) is 11.4 Å². The monoisotopic (exact) mass is 281 g/mol. The average molecular weight is 281 g/mol. The Morgan fingerprint density at radius 1 is 1.32 bits per heavy atom. The van der Waals surface area contributed by atoms with E-state index in [4.69, 9.17) is 4.74 Å². The molecule has 0 amide bonds. The standard InChI is InChI=1S/C14H19NO3S/c1-19(16,17)14-7-5-12(6-8-14)10-15-11-13-4-2-3-9-18-13/h3,5-9,13,15H,2,4,10-11H2,1H3. The molecule has 0 aromatic heterocycles. The Morgan fingerprint density at radius 2 is 2.05 bits per heavy atom. The molecule has 104 valence electrons. The van der Waals surface area contributed by atoms with Gasteiger partial charge in [0.25, 0.3) is 0 Å². The zero-order valence-electron chi connectivity index (χ0n) is 11.0. The average Bonchev–Trinajstić information content (AvgIpc) is 2.39. The smallest absolute Gasteiger partial charge is 0.175 e. The summed E-state index contributed by atoms with van der Waals surface area (Å²) in [5.41, 5.74) is 1.07. The first-order valence-electron chi connectivity index (χ1n) is 6.36. The number of nitrogens with one attached hydrogen (secondary N) is 1. The third kappa shape index (κ3) is 4.36. The maximum absolute atomic E-state index is 11.3. The Morgan fingerprint density at radius 3 is 2.63 bits per heavy atom. The van der Waals surface area contributed by atoms with E-state index in [1.807, 2.05) is 18.2 Å². The molecule has 1 aromatic rings. The van der Waals surface area contributed by atoms with Gasteiger partial charge in [0.05, 0.1) is 11.2 Å². The first kappa shape index (κ1) is 14.1. The number of sulfone groups is 1. The summed E-state index contributed by atoms with van der Waals surface area (Å²) >= 11 is 0. The maximum atomic E-state index is 11.3. The van der Waals surface area contributed by atoms with Gasteiger partial charge in [0, 0.05) is 19.3 Å². The molecule has 1 aliphatic heterocycles. The van der Waals surface area contributed by atoms with Crippen LogP contribution in [0, 0.1) is 0 Å². The van der Waals surface area contributed by atoms with E-state index in [2.05, 4.69) is 5.32 Å². The molecule has 4 nitrogen and oxygen atoms in total. The van der Waals surface area contributed by atoms with Gasteiger partial charge in [0.2, 0.25) is 0 Å². The molecular weight excluding hydrogens is 262 g/mol. The predicted molar refractivity (Wildman–Crippen MR) is 74.5 cm³/mol. The minimum Gasteiger partial charge on any atom is -0.497 e. The molecular formula is C14H19NO3S. The molecule has 0 saturated heterocycles. The molecule has 19 heavy (non-hydrogen) atoms. The first-order valence-corrected chi connectivity index (χ1v) is 8.25. The van der Waals surface area contributed by atoms with Crippen molar-refractivity contribution in [3.63, 3.8) is 0 Å². The lowest BCUT2D eigenvalue weighted by Crippen LogP contribution is -2.28. The van der Waals surface area contributed by atoms with Crippen molar-refractivity contribution in [1.82, 2.24) is 5.32 Å². The number of hydrogen-bond acceptors (Lipinski definition) is 4. The summed E-state index contributed by atoms with van der Waals surface area (Å²) in [4.78, 5) is 0.358. The van der Waals surface area contributed by atoms with Crippen LogP contribution in [0.3, 0.4) is 0 Å². The summed E-state index contributed by atoms with van der Waals surface area (Å²) in [6, 6.07) is 6.97. The highest BCUT2D eigenvalue weighted by Gasteiger charge is 2.10. The van der Waals surface area contributed by atoms with Crippen molar-refractivity contribution in [1.29, 1.82) is 0 Å². The highest BCUT2D eigenvalue weighted by molar-refractivity contribution is 7.90. The fraction of sp³-hybridized carbons (Fsp3) is 0.429. The molecule has 0 aliphatic carbocycles. The molecule has 1 N–H and O–H groups in total. The van der Waals surface area contributed by atoms with Gasteiger partial charge in [-0.1, -0.05) is 12.1 Å². The van der Waals surface area contributed by atoms with Crippen LogP contribution in [0.1, 0.15) is 18.4 Å². The quantitative estimate of drug-likeness (QED) is 0.895. The van der Waals surface area contributed by atoms with Crippen molar-refractivity contribution < 1.29 is 13.2 Å². The molecule has 0 bridgehead atoms. The number of benzene rings is 1. The molecule has 2 rings (SSSR count). The second-order valence-corrected chi connectivity index (χ2v) is 6.77. The molecule has 0 saturated carbocycles. The van der Waals surface area contributed by atoms with Crippen molar-refractivity contribution in [2.24, 2.45) is 0 Å². The van der Waals surface area contributed by atoms with Crippen molar-refractivity contribution in [2.75, 3.05) is 12.8 Å². The van der Waals surface area contributed by atoms with Gasteiger partial charge in [0.1, 0.15) is 6.10 Å². The SMILES string of the molecule is CS(=O)(=O)c1ccc(CNCC2CCC=CO2)cc1. The predicted octanol–water partition coefficient (Wildman–Crippen LogP) is 1.87. The van der Waals surface area contributed by atoms with E-state index >= 15 is 0 Å². The van der Waals surface area contributed by atoms with Gasteiger partial charge in [0.15, 0.2) is 9.84 Å². The lowest BCUT2D eigenvalue weighted by molar-refractivity contribution is 0.122. The zero-order chi connectivity index (χ0) is 13.7. The van der Waals surface area contributed by atoms with Gasteiger partial charge in [-0.3, -0.25) is 0 Å². The molecule has 1 heterocycles. The minimum atomic E-state index is -3.11. The third-order valence-electron chi connectivity index (χ3n) is 3.08. The van der Waals surface area contributed by atoms with Crippen molar-refractivity contribution in [2.45, 2.75) is 30.4 Å². The van der Waals surface area contributed by atoms with Crippen LogP contribution in [-0.2, 0) is 21.1 Å². The largest absolute Gasteiger partial charge is 0.497 e. The Labute approximate surface area is 114 Å². The topological polar surface area (TPSA) is 55.4 Å². The Bertz CT molecular complexity index is 534. The molecule has 1 atom stereocenters. The van der Waals surface area contributed by atoms with Crippen LogP contribution in [0.4, 0.5) is 0 Å². The van der Waals surface area contributed by atoms with E-state index in [1.54, 1.807) is 18.4 Å². The van der Waals surface area contributed by atoms with Crippen LogP contribution in [-0.4, -0.2) is 27.3 Å². The number of ether oxygens (including phenoxy) is 1. The molecule has 0 radical (unpaired) electrons. The number of hydrogen-bond donors (Lipinski definition) is 1. The lowest BCUT2D eigenvalue weighted by Gasteiger charge is -2.19. The van der Waals surface area contributed by atoms with Crippen LogP contribution in [0.15, 0.2) is 41.5 Å². The van der Waals surface area contributed by atoms with Crippen LogP contribution in [0.2, 0.25) is 0 Å². The molecule has 1 aromatic carbocycles. The first-order chi connectivity index (χ1) is 9.05. The van der Waals surface area contributed by atoms with E-state index in [1.165, 1.54) is 6.26 Å². The summed E-state index contributed by atoms with van der Waals surface area (Å²) in [6.45, 7) is 1.52. The van der Waals surface area contributed by atoms with Crippen LogP contribution in [0.25, 0.3) is 0 Å². The highest BCUT2D eigenvalue weighted by atomic mass is 32.2. The van der Waals surface area contributed by atoms with Crippen LogP contribution >= 0.6 is 0 Å². The Balaban J connectivity index is 1.81. The zero-order valence-corrected chi connectivity index (χ0v) is 11.8. The second-order valence-electron chi connectivity index (χ2n) is 4.75. The van der Waals surface area contributed by atoms with E-state index < -0.39 is 9.84 Å². The van der Waals surface area contributed by atoms with Gasteiger partial charge < -0.3 is 10.1 Å². The Kier molecular flexibility index (Phi) is 4.61. The van der Waals surface area contributed by atoms with Gasteiger partial charge in [-0.25, -0.2) is 8.42 Å². The summed E-state index contributed by atoms with van der Waals surface area (Å²) in [6.07, 6.45) is 7.34. The minimum absolute atomic E-state index is 0.236. The van der Waals surface area contributed by atoms with Gasteiger partial charge >= 0.3 is 0 Å². The summed E-state index contributed by atoms with van der Waals surface area (Å²) < 4.78 is 28.1. The lowest BCUT2D eigenvalue weighted by atomic mass is 10.1. The third-order valence-corrected chi connectivity index (χ3v) is 4.20. The van der Waals surface area contributed by atoms with Gasteiger partial charge in [-0.05, 0) is 36.6 Å². The second kappa shape index (κ2) is 6.21. The number of rotatable bonds is 5. The molecule has 0 fully saturated rings. The van der Waals surface area contributed by atoms with Crippen molar-refractivity contribution in [3.8, 4) is 0 Å². The van der Waals surface area contributed by atoms with E-state index in [-0.39, 0.29) is 6.10 Å². The van der Waals surface area contributed by atoms with Crippen LogP contribution in [0.5, 0.6) is 0 Å². The molecule has 1 unspecified atom stereocenters. The summed E-state index contributed by atoms with van der Waals surface area (Å²) in [5.74, 6) is 0. The van der Waals surface area contributed by atoms with Crippen molar-refractivity contribution in [3.05, 3.63) is 42.2 Å². The van der Waals surface area contributed by atoms with E-state index in [0.717, 1.165) is 24.9 Å². The fourth-order valence-electron chi connectivity index (χ4n) is 1.97.